The van der Waals surface area contributed by atoms with Crippen molar-refractivity contribution in [3.8, 4) is 0 Å². The van der Waals surface area contributed by atoms with Crippen molar-refractivity contribution in [3.05, 3.63) is 53.0 Å². The Morgan fingerprint density at radius 2 is 1.83 bits per heavy atom. The number of halogens is 3. The lowest BCUT2D eigenvalue weighted by Gasteiger charge is -2.15. The Kier molecular flexibility index (Phi) is 4.55. The molecule has 1 aromatic heterocycles. The van der Waals surface area contributed by atoms with Crippen LogP contribution in [-0.4, -0.2) is 0 Å². The molecule has 0 fully saturated rings. The van der Waals surface area contributed by atoms with Crippen LogP contribution >= 0.6 is 54.8 Å². The van der Waals surface area contributed by atoms with E-state index in [0.29, 0.717) is 0 Å². The zero-order chi connectivity index (χ0) is 13.4. The summed E-state index contributed by atoms with van der Waals surface area (Å²) in [5, 5.41) is 0.789. The lowest BCUT2D eigenvalue weighted by Crippen LogP contribution is -2.12. The summed E-state index contributed by atoms with van der Waals surface area (Å²) in [7, 11) is 0. The zero-order valence-corrected chi connectivity index (χ0v) is 14.7. The molecule has 0 bridgehead atoms. The molecule has 0 saturated heterocycles. The van der Waals surface area contributed by atoms with Gasteiger partial charge in [0.2, 0.25) is 0 Å². The highest BCUT2D eigenvalue weighted by atomic mass is 79.9. The van der Waals surface area contributed by atoms with Crippen LogP contribution in [0, 0.1) is 13.8 Å². The number of hydrogen-bond donors (Lipinski definition) is 1. The fourth-order valence-electron chi connectivity index (χ4n) is 1.81. The van der Waals surface area contributed by atoms with E-state index in [0.717, 1.165) is 34.8 Å². The van der Waals surface area contributed by atoms with E-state index < -0.39 is 0 Å². The minimum Gasteiger partial charge on any atom is -0.320 e. The van der Waals surface area contributed by atoms with Crippen LogP contribution in [0.4, 0.5) is 0 Å². The molecule has 96 valence electrons. The fourth-order valence-corrected chi connectivity index (χ4v) is 4.14. The van der Waals surface area contributed by atoms with Gasteiger partial charge in [-0.1, -0.05) is 17.7 Å². The van der Waals surface area contributed by atoms with Gasteiger partial charge in [-0.3, -0.25) is 0 Å². The summed E-state index contributed by atoms with van der Waals surface area (Å²) in [5.41, 5.74) is 9.65. The lowest BCUT2D eigenvalue weighted by atomic mass is 9.98. The number of thiophene rings is 1. The molecule has 0 aliphatic rings. The van der Waals surface area contributed by atoms with Crippen molar-refractivity contribution in [2.75, 3.05) is 0 Å². The largest absolute Gasteiger partial charge is 0.320 e. The van der Waals surface area contributed by atoms with Gasteiger partial charge in [0.1, 0.15) is 0 Å². The summed E-state index contributed by atoms with van der Waals surface area (Å²) in [6.45, 7) is 4.04. The number of aryl methyl sites for hydroxylation is 2. The average Bonchev–Trinajstić information content (AvgIpc) is 2.63. The van der Waals surface area contributed by atoms with Gasteiger partial charge in [-0.2, -0.15) is 0 Å². The van der Waals surface area contributed by atoms with E-state index in [4.69, 9.17) is 17.3 Å². The maximum absolute atomic E-state index is 6.34. The molecule has 1 nitrogen and oxygen atoms in total. The fraction of sp³-hybridized carbons (Fsp3) is 0.231. The van der Waals surface area contributed by atoms with Crippen LogP contribution in [0.2, 0.25) is 5.02 Å². The van der Waals surface area contributed by atoms with Gasteiger partial charge < -0.3 is 5.73 Å². The average molecular weight is 410 g/mol. The number of hydrogen-bond acceptors (Lipinski definition) is 2. The van der Waals surface area contributed by atoms with Crippen LogP contribution in [0.5, 0.6) is 0 Å². The summed E-state index contributed by atoms with van der Waals surface area (Å²) in [4.78, 5) is 1.12. The molecule has 0 aliphatic heterocycles. The van der Waals surface area contributed by atoms with E-state index in [1.807, 2.05) is 19.9 Å². The third-order valence-electron chi connectivity index (χ3n) is 2.85. The van der Waals surface area contributed by atoms with Crippen molar-refractivity contribution in [3.63, 3.8) is 0 Å². The summed E-state index contributed by atoms with van der Waals surface area (Å²) >= 11 is 14.7. The van der Waals surface area contributed by atoms with Crippen LogP contribution < -0.4 is 5.73 Å². The molecule has 0 radical (unpaired) electrons. The van der Waals surface area contributed by atoms with Gasteiger partial charge in [-0.15, -0.1) is 11.3 Å². The van der Waals surface area contributed by atoms with E-state index >= 15 is 0 Å². The van der Waals surface area contributed by atoms with Crippen molar-refractivity contribution in [2.45, 2.75) is 19.9 Å². The molecule has 1 aromatic carbocycles. The van der Waals surface area contributed by atoms with E-state index in [1.54, 1.807) is 11.3 Å². The molecular weight excluding hydrogens is 397 g/mol. The van der Waals surface area contributed by atoms with Gasteiger partial charge in [-0.25, -0.2) is 0 Å². The topological polar surface area (TPSA) is 26.0 Å². The number of benzene rings is 1. The van der Waals surface area contributed by atoms with E-state index in [1.165, 1.54) is 0 Å². The molecule has 1 unspecified atom stereocenters. The van der Waals surface area contributed by atoms with Crippen LogP contribution in [0.25, 0.3) is 0 Å². The highest BCUT2D eigenvalue weighted by Crippen LogP contribution is 2.38. The van der Waals surface area contributed by atoms with Crippen molar-refractivity contribution < 1.29 is 0 Å². The van der Waals surface area contributed by atoms with Crippen LogP contribution in [0.15, 0.2) is 26.5 Å². The SMILES string of the molecule is Cc1cc(C(N)c2cc(Br)c(Br)s2)c(C)cc1Cl. The molecule has 0 spiro atoms. The third kappa shape index (κ3) is 2.83. The normalized spacial score (nSPS) is 12.8. The van der Waals surface area contributed by atoms with E-state index in [-0.39, 0.29) is 6.04 Å². The predicted molar refractivity (Wildman–Crippen MR) is 86.7 cm³/mol. The predicted octanol–water partition coefficient (Wildman–Crippen LogP) is 5.59. The summed E-state index contributed by atoms with van der Waals surface area (Å²) in [5.74, 6) is 0. The Bertz CT molecular complexity index is 575. The summed E-state index contributed by atoms with van der Waals surface area (Å²) in [6, 6.07) is 5.99. The van der Waals surface area contributed by atoms with Crippen molar-refractivity contribution in [1.82, 2.24) is 0 Å². The Labute approximate surface area is 133 Å². The first-order chi connectivity index (χ1) is 8.40. The number of rotatable bonds is 2. The maximum Gasteiger partial charge on any atom is 0.0843 e. The van der Waals surface area contributed by atoms with Crippen molar-refractivity contribution in [2.24, 2.45) is 5.73 Å². The second-order valence-corrected chi connectivity index (χ2v) is 7.87. The Morgan fingerprint density at radius 3 is 2.39 bits per heavy atom. The van der Waals surface area contributed by atoms with Crippen LogP contribution in [-0.2, 0) is 0 Å². The van der Waals surface area contributed by atoms with Gasteiger partial charge in [0.05, 0.1) is 9.83 Å². The highest BCUT2D eigenvalue weighted by Gasteiger charge is 2.16. The molecule has 2 N–H and O–H groups in total. The quantitative estimate of drug-likeness (QED) is 0.687. The van der Waals surface area contributed by atoms with E-state index in [9.17, 15) is 0 Å². The molecule has 18 heavy (non-hydrogen) atoms. The second-order valence-electron chi connectivity index (χ2n) is 4.21. The second kappa shape index (κ2) is 5.63. The summed E-state index contributed by atoms with van der Waals surface area (Å²) < 4.78 is 2.11. The Hall–Kier alpha value is 0.130. The smallest absolute Gasteiger partial charge is 0.0843 e. The minimum atomic E-state index is -0.117. The third-order valence-corrected chi connectivity index (χ3v) is 6.60. The summed E-state index contributed by atoms with van der Waals surface area (Å²) in [6.07, 6.45) is 0. The van der Waals surface area contributed by atoms with Crippen LogP contribution in [0.1, 0.15) is 27.6 Å². The maximum atomic E-state index is 6.34. The van der Waals surface area contributed by atoms with Gasteiger partial charge in [0.25, 0.3) is 0 Å². The Morgan fingerprint density at radius 1 is 1.17 bits per heavy atom. The molecule has 1 atom stereocenters. The number of nitrogens with two attached hydrogens (primary N) is 1. The first kappa shape index (κ1) is 14.5. The first-order valence-corrected chi connectivity index (χ1v) is 8.15. The van der Waals surface area contributed by atoms with Crippen molar-refractivity contribution in [1.29, 1.82) is 0 Å². The highest BCUT2D eigenvalue weighted by molar-refractivity contribution is 9.13. The monoisotopic (exact) mass is 407 g/mol. The lowest BCUT2D eigenvalue weighted by molar-refractivity contribution is 0.880. The zero-order valence-electron chi connectivity index (χ0n) is 9.93. The molecule has 1 heterocycles. The Balaban J connectivity index is 2.45. The van der Waals surface area contributed by atoms with E-state index in [2.05, 4.69) is 44.0 Å². The van der Waals surface area contributed by atoms with Crippen molar-refractivity contribution >= 4 is 54.8 Å². The molecule has 0 saturated carbocycles. The van der Waals surface area contributed by atoms with Gasteiger partial charge in [0, 0.05) is 14.4 Å². The standard InChI is InChI=1S/C13H12Br2ClNS/c1-6-4-10(16)7(2)3-8(6)12(17)11-5-9(14)13(15)18-11/h3-5,12H,17H2,1-2H3. The molecule has 0 aliphatic carbocycles. The van der Waals surface area contributed by atoms with Gasteiger partial charge >= 0.3 is 0 Å². The molecule has 2 rings (SSSR count). The minimum absolute atomic E-state index is 0.117. The molecule has 5 heteroatoms. The molecule has 2 aromatic rings. The first-order valence-electron chi connectivity index (χ1n) is 5.37. The van der Waals surface area contributed by atoms with Gasteiger partial charge in [0.15, 0.2) is 0 Å². The molecular formula is C13H12Br2ClNS. The van der Waals surface area contributed by atoms with Crippen LogP contribution in [0.3, 0.4) is 0 Å². The molecule has 0 amide bonds. The van der Waals surface area contributed by atoms with Gasteiger partial charge in [-0.05, 0) is 74.5 Å².